The summed E-state index contributed by atoms with van der Waals surface area (Å²) in [7, 11) is 1.57. The van der Waals surface area contributed by atoms with E-state index in [1.54, 1.807) is 19.4 Å². The fourth-order valence-corrected chi connectivity index (χ4v) is 3.82. The summed E-state index contributed by atoms with van der Waals surface area (Å²) in [5, 5.41) is 3.47. The van der Waals surface area contributed by atoms with Crippen LogP contribution in [0.25, 0.3) is 16.7 Å². The highest BCUT2D eigenvalue weighted by Crippen LogP contribution is 2.33. The molecule has 0 radical (unpaired) electrons. The molecule has 1 aromatic carbocycles. The number of hydrogen-bond acceptors (Lipinski definition) is 5. The van der Waals surface area contributed by atoms with E-state index >= 15 is 0 Å². The van der Waals surface area contributed by atoms with Gasteiger partial charge in [0.15, 0.2) is 5.65 Å². The fourth-order valence-electron chi connectivity index (χ4n) is 3.57. The van der Waals surface area contributed by atoms with Crippen LogP contribution in [-0.4, -0.2) is 33.6 Å². The zero-order valence-electron chi connectivity index (χ0n) is 17.7. The lowest BCUT2D eigenvalue weighted by Crippen LogP contribution is -2.34. The number of hydrogen-bond donors (Lipinski definition) is 1. The van der Waals surface area contributed by atoms with Gasteiger partial charge in [-0.25, -0.2) is 9.98 Å². The van der Waals surface area contributed by atoms with Crippen LogP contribution >= 0.6 is 11.6 Å². The maximum absolute atomic E-state index is 11.8. The van der Waals surface area contributed by atoms with Gasteiger partial charge in [-0.3, -0.25) is 9.78 Å². The Labute approximate surface area is 185 Å². The molecule has 3 heterocycles. The highest BCUT2D eigenvalue weighted by atomic mass is 35.5. The molecule has 1 fully saturated rings. The van der Waals surface area contributed by atoms with Crippen molar-refractivity contribution in [1.29, 1.82) is 0 Å². The minimum absolute atomic E-state index is 0.00565. The lowest BCUT2D eigenvalue weighted by Gasteiger charge is -2.16. The Morgan fingerprint density at radius 1 is 1.39 bits per heavy atom. The topological polar surface area (TPSA) is 81.4 Å². The normalized spacial score (nSPS) is 17.3. The molecule has 1 N–H and O–H groups in total. The molecule has 1 saturated heterocycles. The van der Waals surface area contributed by atoms with Crippen LogP contribution in [0.15, 0.2) is 47.6 Å². The number of benzene rings is 1. The molecule has 0 spiro atoms. The van der Waals surface area contributed by atoms with Gasteiger partial charge in [0, 0.05) is 19.0 Å². The highest BCUT2D eigenvalue weighted by Gasteiger charge is 2.22. The van der Waals surface area contributed by atoms with Crippen LogP contribution in [0.2, 0.25) is 5.02 Å². The van der Waals surface area contributed by atoms with Crippen LogP contribution in [0.4, 0.5) is 5.69 Å². The maximum Gasteiger partial charge on any atom is 0.220 e. The standard InChI is InChI=1S/C23H24ClN5O2/c1-4-14(2)18-12-25-17-9-10-20(27-16-6-5-7-19(31-3)22(16)24)29(23(17)28-18)13-15-8-11-21(30)26-15/h4-7,9-10,12,15H,8,11,13H2,1-3H3,(H,26,30)/b14-4+,27-20+. The van der Waals surface area contributed by atoms with Crippen molar-refractivity contribution in [1.82, 2.24) is 19.9 Å². The number of allylic oxidation sites excluding steroid dienone is 2. The van der Waals surface area contributed by atoms with Crippen LogP contribution in [0, 0.1) is 0 Å². The predicted molar refractivity (Wildman–Crippen MR) is 121 cm³/mol. The van der Waals surface area contributed by atoms with E-state index < -0.39 is 0 Å². The van der Waals surface area contributed by atoms with Crippen LogP contribution in [0.1, 0.15) is 32.4 Å². The second-order valence-electron chi connectivity index (χ2n) is 7.45. The van der Waals surface area contributed by atoms with E-state index in [0.29, 0.717) is 40.6 Å². The number of rotatable bonds is 5. The van der Waals surface area contributed by atoms with Crippen LogP contribution in [0.3, 0.4) is 0 Å². The van der Waals surface area contributed by atoms with Crippen molar-refractivity contribution in [3.05, 3.63) is 58.8 Å². The summed E-state index contributed by atoms with van der Waals surface area (Å²) in [4.78, 5) is 26.0. The van der Waals surface area contributed by atoms with Gasteiger partial charge >= 0.3 is 0 Å². The molecular formula is C23H24ClN5O2. The predicted octanol–water partition coefficient (Wildman–Crippen LogP) is 4.03. The molecule has 8 heteroatoms. The quantitative estimate of drug-likeness (QED) is 0.653. The van der Waals surface area contributed by atoms with Gasteiger partial charge in [0.05, 0.1) is 24.7 Å². The van der Waals surface area contributed by atoms with Gasteiger partial charge in [-0.1, -0.05) is 23.7 Å². The summed E-state index contributed by atoms with van der Waals surface area (Å²) >= 11 is 6.48. The molecule has 0 saturated carbocycles. The first-order chi connectivity index (χ1) is 15.0. The number of pyridine rings is 1. The second-order valence-corrected chi connectivity index (χ2v) is 7.82. The van der Waals surface area contributed by atoms with Crippen molar-refractivity contribution in [3.8, 4) is 5.75 Å². The summed E-state index contributed by atoms with van der Waals surface area (Å²) in [6.45, 7) is 4.51. The number of aromatic nitrogens is 3. The smallest absolute Gasteiger partial charge is 0.220 e. The van der Waals surface area contributed by atoms with E-state index in [1.165, 1.54) is 0 Å². The molecule has 7 nitrogen and oxygen atoms in total. The molecule has 31 heavy (non-hydrogen) atoms. The van der Waals surface area contributed by atoms with E-state index in [1.807, 2.05) is 48.8 Å². The molecule has 0 bridgehead atoms. The van der Waals surface area contributed by atoms with Crippen molar-refractivity contribution in [2.45, 2.75) is 39.3 Å². The van der Waals surface area contributed by atoms with Crippen LogP contribution < -0.4 is 15.5 Å². The SMILES string of the molecule is C/C=C(\C)c1cnc2cc/c(=N\c3cccc(OC)c3Cl)n(CC3CCC(=O)N3)c2n1. The lowest BCUT2D eigenvalue weighted by molar-refractivity contribution is -0.119. The van der Waals surface area contributed by atoms with Gasteiger partial charge in [0.1, 0.15) is 21.8 Å². The zero-order valence-corrected chi connectivity index (χ0v) is 18.5. The summed E-state index contributed by atoms with van der Waals surface area (Å²) in [6.07, 6.45) is 5.07. The Kier molecular flexibility index (Phi) is 6.04. The number of fused-ring (bicyclic) bond motifs is 1. The van der Waals surface area contributed by atoms with Crippen molar-refractivity contribution < 1.29 is 9.53 Å². The van der Waals surface area contributed by atoms with E-state index in [4.69, 9.17) is 26.3 Å². The Balaban J connectivity index is 1.93. The summed E-state index contributed by atoms with van der Waals surface area (Å²) < 4.78 is 7.32. The number of nitrogens with zero attached hydrogens (tertiary/aromatic N) is 4. The molecule has 4 rings (SSSR count). The number of methoxy groups -OCH3 is 1. The molecule has 0 aliphatic carbocycles. The number of ether oxygens (including phenoxy) is 1. The number of carbonyl (C=O) groups excluding carboxylic acids is 1. The van der Waals surface area contributed by atoms with Gasteiger partial charge in [-0.05, 0) is 50.1 Å². The summed E-state index contributed by atoms with van der Waals surface area (Å²) in [5.41, 5.74) is 4.57. The minimum atomic E-state index is 0.00565. The van der Waals surface area contributed by atoms with Gasteiger partial charge in [-0.15, -0.1) is 0 Å². The lowest BCUT2D eigenvalue weighted by atomic mass is 10.2. The fraction of sp³-hybridized carbons (Fsp3) is 0.304. The third-order valence-electron chi connectivity index (χ3n) is 5.43. The number of amides is 1. The van der Waals surface area contributed by atoms with Crippen molar-refractivity contribution in [2.24, 2.45) is 4.99 Å². The Morgan fingerprint density at radius 3 is 2.94 bits per heavy atom. The summed E-state index contributed by atoms with van der Waals surface area (Å²) in [6, 6.07) is 9.27. The maximum atomic E-state index is 11.8. The molecule has 1 aliphatic heterocycles. The second kappa shape index (κ2) is 8.89. The Hall–Kier alpha value is -3.19. The van der Waals surface area contributed by atoms with E-state index in [9.17, 15) is 4.79 Å². The number of halogens is 1. The molecule has 1 atom stereocenters. The average molecular weight is 438 g/mol. The highest BCUT2D eigenvalue weighted by molar-refractivity contribution is 6.34. The monoisotopic (exact) mass is 437 g/mol. The van der Waals surface area contributed by atoms with Gasteiger partial charge in [0.25, 0.3) is 0 Å². The van der Waals surface area contributed by atoms with Crippen molar-refractivity contribution >= 4 is 39.9 Å². The molecule has 1 unspecified atom stereocenters. The van der Waals surface area contributed by atoms with Crippen LogP contribution in [0.5, 0.6) is 5.75 Å². The molecule has 160 valence electrons. The minimum Gasteiger partial charge on any atom is -0.495 e. The first-order valence-electron chi connectivity index (χ1n) is 10.2. The van der Waals surface area contributed by atoms with Crippen molar-refractivity contribution in [3.63, 3.8) is 0 Å². The van der Waals surface area contributed by atoms with Crippen molar-refractivity contribution in [2.75, 3.05) is 7.11 Å². The third-order valence-corrected chi connectivity index (χ3v) is 5.81. The molecular weight excluding hydrogens is 414 g/mol. The molecule has 1 aliphatic rings. The summed E-state index contributed by atoms with van der Waals surface area (Å²) in [5.74, 6) is 0.626. The Bertz CT molecular complexity index is 1250. The molecule has 1 amide bonds. The number of nitrogens with one attached hydrogen (secondary N) is 1. The van der Waals surface area contributed by atoms with E-state index in [0.717, 1.165) is 23.2 Å². The zero-order chi connectivity index (χ0) is 22.0. The first-order valence-corrected chi connectivity index (χ1v) is 10.5. The average Bonchev–Trinajstić information content (AvgIpc) is 3.20. The Morgan fingerprint density at radius 2 is 2.23 bits per heavy atom. The van der Waals surface area contributed by atoms with Gasteiger partial charge in [0.2, 0.25) is 5.91 Å². The molecule has 2 aromatic heterocycles. The van der Waals surface area contributed by atoms with E-state index in [2.05, 4.69) is 10.3 Å². The first kappa shape index (κ1) is 21.1. The van der Waals surface area contributed by atoms with Crippen LogP contribution in [-0.2, 0) is 11.3 Å². The van der Waals surface area contributed by atoms with E-state index in [-0.39, 0.29) is 11.9 Å². The molecule has 3 aromatic rings. The third kappa shape index (κ3) is 4.32. The number of carbonyl (C=O) groups is 1. The van der Waals surface area contributed by atoms with Gasteiger partial charge < -0.3 is 14.6 Å². The van der Waals surface area contributed by atoms with Gasteiger partial charge in [-0.2, -0.15) is 0 Å². The largest absolute Gasteiger partial charge is 0.495 e.